The van der Waals surface area contributed by atoms with Crippen molar-refractivity contribution < 1.29 is 4.52 Å². The zero-order valence-electron chi connectivity index (χ0n) is 12.5. The van der Waals surface area contributed by atoms with E-state index in [9.17, 15) is 0 Å². The SMILES string of the molecule is CCCNC1CCCC1c1nc(N2CCCCC2)no1. The Morgan fingerprint density at radius 1 is 1.20 bits per heavy atom. The van der Waals surface area contributed by atoms with Crippen molar-refractivity contribution in [1.82, 2.24) is 15.5 Å². The number of hydrogen-bond donors (Lipinski definition) is 1. The van der Waals surface area contributed by atoms with Crippen LogP contribution in [0.5, 0.6) is 0 Å². The molecule has 0 bridgehead atoms. The molecule has 2 aliphatic rings. The fourth-order valence-corrected chi connectivity index (χ4v) is 3.43. The number of nitrogens with zero attached hydrogens (tertiary/aromatic N) is 3. The smallest absolute Gasteiger partial charge is 0.266 e. The van der Waals surface area contributed by atoms with Gasteiger partial charge in [0, 0.05) is 19.1 Å². The Balaban J connectivity index is 1.65. The summed E-state index contributed by atoms with van der Waals surface area (Å²) in [6.07, 6.45) is 8.64. The van der Waals surface area contributed by atoms with Crippen molar-refractivity contribution in [3.05, 3.63) is 5.89 Å². The largest absolute Gasteiger partial charge is 0.338 e. The topological polar surface area (TPSA) is 54.2 Å². The average molecular weight is 278 g/mol. The Labute approximate surface area is 121 Å². The summed E-state index contributed by atoms with van der Waals surface area (Å²) in [4.78, 5) is 6.95. The third-order valence-electron chi connectivity index (χ3n) is 4.56. The van der Waals surface area contributed by atoms with Gasteiger partial charge in [-0.15, -0.1) is 0 Å². The van der Waals surface area contributed by atoms with Gasteiger partial charge < -0.3 is 14.7 Å². The van der Waals surface area contributed by atoms with Crippen LogP contribution in [-0.2, 0) is 0 Å². The summed E-state index contributed by atoms with van der Waals surface area (Å²) in [5.74, 6) is 2.06. The van der Waals surface area contributed by atoms with E-state index in [0.29, 0.717) is 12.0 Å². The zero-order chi connectivity index (χ0) is 13.8. The van der Waals surface area contributed by atoms with Gasteiger partial charge in [-0.05, 0) is 50.2 Å². The number of piperidine rings is 1. The Morgan fingerprint density at radius 3 is 2.85 bits per heavy atom. The molecule has 1 saturated heterocycles. The van der Waals surface area contributed by atoms with Crippen molar-refractivity contribution in [2.75, 3.05) is 24.5 Å². The molecule has 0 amide bonds. The summed E-state index contributed by atoms with van der Waals surface area (Å²) in [6.45, 7) is 5.43. The molecule has 2 unspecified atom stereocenters. The number of nitrogens with one attached hydrogen (secondary N) is 1. The predicted octanol–water partition coefficient (Wildman–Crippen LogP) is 2.70. The van der Waals surface area contributed by atoms with Crippen LogP contribution in [0.1, 0.15) is 63.7 Å². The molecule has 1 aliphatic carbocycles. The van der Waals surface area contributed by atoms with Crippen molar-refractivity contribution in [3.63, 3.8) is 0 Å². The Hall–Kier alpha value is -1.10. The lowest BCUT2D eigenvalue weighted by Crippen LogP contribution is -2.32. The van der Waals surface area contributed by atoms with Crippen molar-refractivity contribution in [2.24, 2.45) is 0 Å². The summed E-state index contributed by atoms with van der Waals surface area (Å²) >= 11 is 0. The van der Waals surface area contributed by atoms with Crippen LogP contribution in [0, 0.1) is 0 Å². The summed E-state index contributed by atoms with van der Waals surface area (Å²) in [5, 5.41) is 7.84. The first-order valence-electron chi connectivity index (χ1n) is 8.20. The maximum atomic E-state index is 5.57. The lowest BCUT2D eigenvalue weighted by atomic mass is 10.0. The number of hydrogen-bond acceptors (Lipinski definition) is 5. The van der Waals surface area contributed by atoms with E-state index in [4.69, 9.17) is 4.52 Å². The first kappa shape index (κ1) is 13.9. The highest BCUT2D eigenvalue weighted by molar-refractivity contribution is 5.28. The summed E-state index contributed by atoms with van der Waals surface area (Å²) in [7, 11) is 0. The number of aromatic nitrogens is 2. The Kier molecular flexibility index (Phi) is 4.55. The van der Waals surface area contributed by atoms with Crippen molar-refractivity contribution >= 4 is 5.95 Å². The minimum Gasteiger partial charge on any atom is -0.338 e. The second-order valence-corrected chi connectivity index (χ2v) is 6.08. The van der Waals surface area contributed by atoms with E-state index in [-0.39, 0.29) is 0 Å². The molecule has 5 heteroatoms. The van der Waals surface area contributed by atoms with Gasteiger partial charge in [0.05, 0.1) is 5.92 Å². The molecule has 1 saturated carbocycles. The summed E-state index contributed by atoms with van der Waals surface area (Å²) in [6, 6.07) is 0.518. The molecule has 1 N–H and O–H groups in total. The molecule has 112 valence electrons. The summed E-state index contributed by atoms with van der Waals surface area (Å²) in [5.41, 5.74) is 0. The molecule has 1 aromatic rings. The quantitative estimate of drug-likeness (QED) is 0.897. The number of anilines is 1. The monoisotopic (exact) mass is 278 g/mol. The second-order valence-electron chi connectivity index (χ2n) is 6.08. The van der Waals surface area contributed by atoms with E-state index in [1.807, 2.05) is 0 Å². The van der Waals surface area contributed by atoms with E-state index < -0.39 is 0 Å². The summed E-state index contributed by atoms with van der Waals surface area (Å²) < 4.78 is 5.57. The van der Waals surface area contributed by atoms with Crippen LogP contribution in [0.2, 0.25) is 0 Å². The molecule has 20 heavy (non-hydrogen) atoms. The molecular weight excluding hydrogens is 252 g/mol. The van der Waals surface area contributed by atoms with Crippen LogP contribution < -0.4 is 10.2 Å². The van der Waals surface area contributed by atoms with Gasteiger partial charge in [0.2, 0.25) is 5.89 Å². The Morgan fingerprint density at radius 2 is 2.05 bits per heavy atom. The fraction of sp³-hybridized carbons (Fsp3) is 0.867. The normalized spacial score (nSPS) is 27.1. The van der Waals surface area contributed by atoms with Gasteiger partial charge >= 0.3 is 0 Å². The molecule has 2 atom stereocenters. The predicted molar refractivity (Wildman–Crippen MR) is 79.0 cm³/mol. The minimum absolute atomic E-state index is 0.410. The minimum atomic E-state index is 0.410. The van der Waals surface area contributed by atoms with Crippen molar-refractivity contribution in [2.45, 2.75) is 63.8 Å². The van der Waals surface area contributed by atoms with Crippen LogP contribution in [0.25, 0.3) is 0 Å². The second kappa shape index (κ2) is 6.57. The van der Waals surface area contributed by atoms with E-state index in [1.165, 1.54) is 44.9 Å². The average Bonchev–Trinajstić information content (AvgIpc) is 3.14. The molecule has 3 rings (SSSR count). The van der Waals surface area contributed by atoms with E-state index in [2.05, 4.69) is 27.3 Å². The highest BCUT2D eigenvalue weighted by Gasteiger charge is 2.33. The van der Waals surface area contributed by atoms with Gasteiger partial charge in [-0.25, -0.2) is 0 Å². The maximum Gasteiger partial charge on any atom is 0.266 e. The standard InChI is InChI=1S/C15H26N4O/c1-2-9-16-13-8-6-7-12(13)14-17-15(18-20-14)19-10-4-3-5-11-19/h12-13,16H,2-11H2,1H3. The van der Waals surface area contributed by atoms with Crippen molar-refractivity contribution in [1.29, 1.82) is 0 Å². The van der Waals surface area contributed by atoms with Gasteiger partial charge in [-0.2, -0.15) is 4.98 Å². The highest BCUT2D eigenvalue weighted by atomic mass is 16.5. The van der Waals surface area contributed by atoms with Gasteiger partial charge in [0.1, 0.15) is 0 Å². The molecule has 0 aromatic carbocycles. The lowest BCUT2D eigenvalue weighted by Gasteiger charge is -2.24. The van der Waals surface area contributed by atoms with Crippen LogP contribution in [-0.4, -0.2) is 35.8 Å². The van der Waals surface area contributed by atoms with Crippen LogP contribution >= 0.6 is 0 Å². The Bertz CT molecular complexity index is 414. The van der Waals surface area contributed by atoms with Crippen LogP contribution in [0.3, 0.4) is 0 Å². The van der Waals surface area contributed by atoms with Gasteiger partial charge in [-0.1, -0.05) is 13.3 Å². The molecule has 2 fully saturated rings. The van der Waals surface area contributed by atoms with E-state index in [1.54, 1.807) is 0 Å². The lowest BCUT2D eigenvalue weighted by molar-refractivity contribution is 0.329. The van der Waals surface area contributed by atoms with Gasteiger partial charge in [0.25, 0.3) is 5.95 Å². The molecule has 1 aliphatic heterocycles. The molecule has 5 nitrogen and oxygen atoms in total. The first-order chi connectivity index (χ1) is 9.88. The van der Waals surface area contributed by atoms with Crippen molar-refractivity contribution in [3.8, 4) is 0 Å². The van der Waals surface area contributed by atoms with Gasteiger partial charge in [-0.3, -0.25) is 0 Å². The molecule has 0 spiro atoms. The van der Waals surface area contributed by atoms with Crippen LogP contribution in [0.4, 0.5) is 5.95 Å². The third kappa shape index (κ3) is 2.97. The molecule has 0 radical (unpaired) electrons. The van der Waals surface area contributed by atoms with E-state index >= 15 is 0 Å². The molecular formula is C15H26N4O. The fourth-order valence-electron chi connectivity index (χ4n) is 3.43. The van der Waals surface area contributed by atoms with E-state index in [0.717, 1.165) is 31.5 Å². The maximum absolute atomic E-state index is 5.57. The molecule has 2 heterocycles. The third-order valence-corrected chi connectivity index (χ3v) is 4.56. The molecule has 1 aromatic heterocycles. The zero-order valence-corrected chi connectivity index (χ0v) is 12.5. The van der Waals surface area contributed by atoms with Crippen LogP contribution in [0.15, 0.2) is 4.52 Å². The van der Waals surface area contributed by atoms with Gasteiger partial charge in [0.15, 0.2) is 0 Å². The first-order valence-corrected chi connectivity index (χ1v) is 8.20. The number of rotatable bonds is 5. The highest BCUT2D eigenvalue weighted by Crippen LogP contribution is 2.34.